The minimum atomic E-state index is -3.76. The second-order valence-electron chi connectivity index (χ2n) is 4.03. The van der Waals surface area contributed by atoms with Gasteiger partial charge in [0.05, 0.1) is 10.1 Å². The van der Waals surface area contributed by atoms with Crippen molar-refractivity contribution in [2.75, 3.05) is 27.0 Å². The number of cyclic esters (lactones) is 1. The lowest BCUT2D eigenvalue weighted by atomic mass is 10.0. The van der Waals surface area contributed by atoms with Gasteiger partial charge in [-0.3, -0.25) is 0 Å². The van der Waals surface area contributed by atoms with Crippen molar-refractivity contribution in [2.24, 2.45) is 0 Å². The molecule has 1 aromatic heterocycles. The molecule has 1 atom stereocenters. The van der Waals surface area contributed by atoms with Crippen LogP contribution in [0.5, 0.6) is 0 Å². The van der Waals surface area contributed by atoms with E-state index in [0.29, 0.717) is 4.98 Å². The van der Waals surface area contributed by atoms with E-state index < -0.39 is 73.3 Å². The SMILES string of the molecule is [2H]N1C(=O)OC([2H])([2H])[C@]1([2H])C([2H])([2H])c1ccc2c(c1)c(C([2H])([2H])C([2H])([2H])N(C([2H])([2H])[2H])C([2H])([2H])[2H])cn2[2H]. The summed E-state index contributed by atoms with van der Waals surface area (Å²) in [5.41, 5.74) is -1.53. The maximum Gasteiger partial charge on any atom is 0.407 e. The largest absolute Gasteiger partial charge is 0.447 e. The van der Waals surface area contributed by atoms with Crippen LogP contribution in [0.2, 0.25) is 2.82 Å². The molecular formula is C16H21N3O2. The van der Waals surface area contributed by atoms with Crippen LogP contribution in [0.25, 0.3) is 10.9 Å². The Balaban J connectivity index is 2.27. The third-order valence-electron chi connectivity index (χ3n) is 2.62. The Morgan fingerprint density at radius 3 is 3.33 bits per heavy atom. The van der Waals surface area contributed by atoms with Crippen LogP contribution in [0.15, 0.2) is 24.4 Å². The standard InChI is InChI=1S/C16H21N3O2/c1-19(2)6-5-12-9-17-15-4-3-11(8-14(12)15)7-13-10-21-16(20)18-13/h3-4,8-9,13,17H,5-7,10H2,1-2H3,(H,18,20)/t13-/m0/s1/i1D3,2D3,5D2,6D2,7D2,10D2,13D/hD2. The maximum atomic E-state index is 11.8. The molecule has 0 saturated carbocycles. The smallest absolute Gasteiger partial charge is 0.407 e. The van der Waals surface area contributed by atoms with E-state index in [4.69, 9.17) is 23.4 Å². The Kier molecular flexibility index (Phi) is 1.17. The van der Waals surface area contributed by atoms with Crippen molar-refractivity contribution in [3.63, 3.8) is 0 Å². The summed E-state index contributed by atoms with van der Waals surface area (Å²) in [5.74, 6) is 0. The number of rotatable bonds is 5. The van der Waals surface area contributed by atoms with Gasteiger partial charge in [0.15, 0.2) is 2.82 Å². The molecule has 2 heterocycles. The number of carbonyl (C=O) groups excluding carboxylic acids is 1. The molecule has 2 aromatic rings. The van der Waals surface area contributed by atoms with E-state index in [-0.39, 0.29) is 10.8 Å². The lowest BCUT2D eigenvalue weighted by Crippen LogP contribution is -2.28. The number of hydrogen-bond acceptors (Lipinski definition) is 3. The number of fused-ring (bicyclic) bond motifs is 1. The zero-order valence-electron chi connectivity index (χ0n) is 27.5. The van der Waals surface area contributed by atoms with Crippen molar-refractivity contribution in [3.8, 4) is 0 Å². The molecule has 1 aliphatic rings. The quantitative estimate of drug-likeness (QED) is 0.887. The summed E-state index contributed by atoms with van der Waals surface area (Å²) in [6.45, 7) is -14.4. The molecule has 2 N–H and O–H groups in total. The van der Waals surface area contributed by atoms with Crippen molar-refractivity contribution in [3.05, 3.63) is 35.5 Å². The average molecular weight is 304 g/mol. The number of nitrogens with one attached hydrogen (secondary N) is 2. The van der Waals surface area contributed by atoms with Crippen molar-refractivity contribution >= 4 is 17.0 Å². The zero-order chi connectivity index (χ0) is 29.7. The topological polar surface area (TPSA) is 57.4 Å². The molecule has 112 valence electrons. The van der Waals surface area contributed by atoms with Crippen molar-refractivity contribution in [2.45, 2.75) is 18.8 Å². The van der Waals surface area contributed by atoms with Gasteiger partial charge in [-0.05, 0) is 50.0 Å². The highest BCUT2D eigenvalue weighted by Crippen LogP contribution is 2.21. The molecule has 1 aliphatic heterocycles. The average Bonchev–Trinajstić information content (AvgIpc) is 3.13. The highest BCUT2D eigenvalue weighted by molar-refractivity contribution is 5.84. The number of aromatic amines is 1. The Morgan fingerprint density at radius 1 is 1.67 bits per heavy atom. The Bertz CT molecular complexity index is 1250. The molecule has 1 fully saturated rings. The fourth-order valence-corrected chi connectivity index (χ4v) is 1.78. The minimum absolute atomic E-state index is 0.169. The van der Waals surface area contributed by atoms with Crippen molar-refractivity contribution in [1.29, 1.82) is 0 Å². The van der Waals surface area contributed by atoms with Crippen LogP contribution in [-0.2, 0) is 17.5 Å². The van der Waals surface area contributed by atoms with E-state index in [1.807, 2.05) is 0 Å². The molecular weight excluding hydrogens is 266 g/mol. The van der Waals surface area contributed by atoms with Gasteiger partial charge in [0.25, 0.3) is 0 Å². The van der Waals surface area contributed by atoms with Crippen LogP contribution < -0.4 is 5.31 Å². The van der Waals surface area contributed by atoms with E-state index in [1.165, 1.54) is 0 Å². The predicted molar refractivity (Wildman–Crippen MR) is 82.5 cm³/mol. The number of aryl methyl sites for hydroxylation is 1. The number of benzene rings is 1. The molecule has 1 saturated heterocycles. The molecule has 0 unspecified atom stereocenters. The number of nitrogens with zero attached hydrogens (tertiary/aromatic N) is 1. The van der Waals surface area contributed by atoms with E-state index in [2.05, 4.69) is 4.74 Å². The molecule has 0 radical (unpaired) electrons. The normalized spacial score (nSPS) is 39.8. The van der Waals surface area contributed by atoms with Crippen LogP contribution >= 0.6 is 0 Å². The minimum Gasteiger partial charge on any atom is -0.447 e. The number of likely N-dealkylation sites (N-methyl/N-ethyl adjacent to an activating group) is 1. The van der Waals surface area contributed by atoms with Crippen LogP contribution in [-0.4, -0.2) is 49.0 Å². The maximum absolute atomic E-state index is 11.8. The van der Waals surface area contributed by atoms with E-state index in [0.717, 1.165) is 24.4 Å². The van der Waals surface area contributed by atoms with Crippen LogP contribution in [0.4, 0.5) is 4.79 Å². The first kappa shape index (κ1) is 4.26. The third kappa shape index (κ3) is 3.19. The molecule has 0 aliphatic carbocycles. The molecule has 21 heavy (non-hydrogen) atoms. The third-order valence-corrected chi connectivity index (χ3v) is 2.62. The summed E-state index contributed by atoms with van der Waals surface area (Å²) in [6, 6.07) is -0.481. The summed E-state index contributed by atoms with van der Waals surface area (Å²) >= 11 is 0. The van der Waals surface area contributed by atoms with E-state index in [1.54, 1.807) is 0 Å². The van der Waals surface area contributed by atoms with Gasteiger partial charge in [-0.2, -0.15) is 0 Å². The fraction of sp³-hybridized carbons (Fsp3) is 0.438. The first-order valence-electron chi connectivity index (χ1n) is 14.1. The van der Waals surface area contributed by atoms with E-state index >= 15 is 0 Å². The number of H-pyrrole nitrogens is 1. The second-order valence-corrected chi connectivity index (χ2v) is 4.03. The number of hydrogen-bond donors (Lipinski definition) is 2. The summed E-state index contributed by atoms with van der Waals surface area (Å²) in [5, 5.41) is -0.742. The van der Waals surface area contributed by atoms with Gasteiger partial charge in [0.1, 0.15) is 6.56 Å². The number of amides is 1. The highest BCUT2D eigenvalue weighted by Gasteiger charge is 2.22. The molecule has 1 amide bonds. The fourth-order valence-electron chi connectivity index (χ4n) is 1.78. The number of alkyl carbamates (subject to hydrolysis) is 1. The summed E-state index contributed by atoms with van der Waals surface area (Å²) in [6.07, 6.45) is -7.61. The van der Waals surface area contributed by atoms with Gasteiger partial charge in [0, 0.05) is 40.0 Å². The first-order valence-corrected chi connectivity index (χ1v) is 5.74. The van der Waals surface area contributed by atoms with Gasteiger partial charge in [-0.15, -0.1) is 0 Å². The first-order chi connectivity index (χ1) is 16.8. The Hall–Kier alpha value is -2.01. The molecule has 3 rings (SSSR count). The number of aromatic nitrogens is 1. The summed E-state index contributed by atoms with van der Waals surface area (Å²) in [4.78, 5) is 11.7. The summed E-state index contributed by atoms with van der Waals surface area (Å²) < 4.78 is 140. The van der Waals surface area contributed by atoms with Crippen molar-refractivity contribution in [1.82, 2.24) is 15.2 Å². The molecule has 0 bridgehead atoms. The van der Waals surface area contributed by atoms with Gasteiger partial charge >= 0.3 is 6.09 Å². The molecule has 1 aromatic carbocycles. The zero-order valence-corrected chi connectivity index (χ0v) is 10.5. The lowest BCUT2D eigenvalue weighted by molar-refractivity contribution is 0.177. The second kappa shape index (κ2) is 5.77. The number of carbonyl (C=O) groups is 1. The lowest BCUT2D eigenvalue weighted by Gasteiger charge is -2.09. The van der Waals surface area contributed by atoms with Crippen LogP contribution in [0, 0.1) is 0 Å². The number of ether oxygens (including phenoxy) is 1. The van der Waals surface area contributed by atoms with Crippen molar-refractivity contribution < 1.29 is 32.9 Å². The van der Waals surface area contributed by atoms with Gasteiger partial charge < -0.3 is 19.9 Å². The van der Waals surface area contributed by atoms with Crippen LogP contribution in [0.1, 0.15) is 31.7 Å². The summed E-state index contributed by atoms with van der Waals surface area (Å²) in [7, 11) is 0. The Labute approximate surface area is 148 Å². The monoisotopic (exact) mass is 304 g/mol. The predicted octanol–water partition coefficient (Wildman–Crippen LogP) is 1.92. The van der Waals surface area contributed by atoms with Crippen LogP contribution in [0.3, 0.4) is 0 Å². The molecule has 5 nitrogen and oxygen atoms in total. The van der Waals surface area contributed by atoms with E-state index in [9.17, 15) is 4.79 Å². The highest BCUT2D eigenvalue weighted by atomic mass is 16.6. The molecule has 0 spiro atoms. The Morgan fingerprint density at radius 2 is 2.57 bits per heavy atom. The van der Waals surface area contributed by atoms with Gasteiger partial charge in [-0.25, -0.2) is 4.79 Å². The van der Waals surface area contributed by atoms with Gasteiger partial charge in [0.2, 0.25) is 0 Å². The molecule has 5 heteroatoms. The van der Waals surface area contributed by atoms with Gasteiger partial charge in [-0.1, -0.05) is 6.07 Å².